The Morgan fingerprint density at radius 3 is 2.16 bits per heavy atom. The van der Waals surface area contributed by atoms with Gasteiger partial charge in [0.05, 0.1) is 25.8 Å². The molecule has 1 aliphatic rings. The Hall–Kier alpha value is -3.32. The summed E-state index contributed by atoms with van der Waals surface area (Å²) in [6.45, 7) is 1.16. The molecule has 2 aromatic carbocycles. The smallest absolute Gasteiger partial charge is 0.295 e. The topological polar surface area (TPSA) is 79.3 Å². The van der Waals surface area contributed by atoms with Gasteiger partial charge in [0, 0.05) is 6.54 Å². The first-order valence-electron chi connectivity index (χ1n) is 10.1. The van der Waals surface area contributed by atoms with Crippen LogP contribution in [0.2, 0.25) is 0 Å². The number of aliphatic hydroxyl groups excluding tert-OH is 1. The molecule has 1 amide bonds. The van der Waals surface area contributed by atoms with E-state index >= 15 is 0 Å². The van der Waals surface area contributed by atoms with Crippen LogP contribution in [0.25, 0.3) is 5.76 Å². The molecule has 2 aromatic rings. The molecule has 7 heteroatoms. The number of likely N-dealkylation sites (tertiary alicyclic amines) is 1. The number of carbonyl (C=O) groups is 2. The molecule has 3 rings (SSSR count). The van der Waals surface area contributed by atoms with Crippen molar-refractivity contribution in [2.45, 2.75) is 12.5 Å². The van der Waals surface area contributed by atoms with Crippen LogP contribution in [-0.4, -0.2) is 68.0 Å². The lowest BCUT2D eigenvalue weighted by Crippen LogP contribution is -2.32. The Bertz CT molecular complexity index is 962. The molecular formula is C24H28N2O5. The van der Waals surface area contributed by atoms with Crippen LogP contribution in [0.3, 0.4) is 0 Å². The van der Waals surface area contributed by atoms with Gasteiger partial charge in [0.2, 0.25) is 0 Å². The third-order valence-corrected chi connectivity index (χ3v) is 5.32. The maximum absolute atomic E-state index is 13.1. The van der Waals surface area contributed by atoms with Crippen LogP contribution < -0.4 is 9.47 Å². The van der Waals surface area contributed by atoms with E-state index in [1.165, 1.54) is 19.1 Å². The molecule has 1 atom stereocenters. The van der Waals surface area contributed by atoms with Crippen LogP contribution in [0, 0.1) is 0 Å². The Balaban J connectivity index is 2.17. The molecule has 1 unspecified atom stereocenters. The number of hydrogen-bond donors (Lipinski definition) is 1. The van der Waals surface area contributed by atoms with Gasteiger partial charge in [-0.1, -0.05) is 36.4 Å². The molecule has 0 spiro atoms. The fraction of sp³-hybridized carbons (Fsp3) is 0.333. The maximum Gasteiger partial charge on any atom is 0.295 e. The number of amides is 1. The van der Waals surface area contributed by atoms with E-state index in [2.05, 4.69) is 0 Å². The summed E-state index contributed by atoms with van der Waals surface area (Å²) in [6, 6.07) is 13.6. The molecule has 7 nitrogen and oxygen atoms in total. The largest absolute Gasteiger partial charge is 0.506 e. The second kappa shape index (κ2) is 9.66. The Labute approximate surface area is 182 Å². The van der Waals surface area contributed by atoms with Gasteiger partial charge < -0.3 is 24.4 Å². The van der Waals surface area contributed by atoms with Crippen molar-refractivity contribution in [3.8, 4) is 11.5 Å². The van der Waals surface area contributed by atoms with Gasteiger partial charge in [-0.2, -0.15) is 0 Å². The van der Waals surface area contributed by atoms with Gasteiger partial charge in [-0.15, -0.1) is 0 Å². The zero-order chi connectivity index (χ0) is 22.5. The van der Waals surface area contributed by atoms with E-state index in [0.29, 0.717) is 24.5 Å². The number of carbonyl (C=O) groups excluding carboxylic acids is 2. The summed E-state index contributed by atoms with van der Waals surface area (Å²) >= 11 is 0. The lowest BCUT2D eigenvalue weighted by atomic mass is 9.94. The number of nitrogens with zero attached hydrogens (tertiary/aromatic N) is 2. The summed E-state index contributed by atoms with van der Waals surface area (Å²) < 4.78 is 10.8. The van der Waals surface area contributed by atoms with E-state index in [-0.39, 0.29) is 16.9 Å². The first-order valence-corrected chi connectivity index (χ1v) is 10.1. The Morgan fingerprint density at radius 2 is 1.61 bits per heavy atom. The van der Waals surface area contributed by atoms with Gasteiger partial charge in [0.1, 0.15) is 22.8 Å². The Kier molecular flexibility index (Phi) is 6.97. The van der Waals surface area contributed by atoms with Crippen molar-refractivity contribution in [3.63, 3.8) is 0 Å². The quantitative estimate of drug-likeness (QED) is 0.399. The van der Waals surface area contributed by atoms with Crippen LogP contribution in [0.4, 0.5) is 0 Å². The molecule has 0 saturated carbocycles. The molecule has 1 fully saturated rings. The third kappa shape index (κ3) is 4.41. The standard InChI is InChI=1S/C24H28N2O5/c1-25(2)14-9-15-26-21(16-10-6-5-7-11-16)20(23(28)24(26)29)22(27)19-17(30-3)12-8-13-18(19)31-4/h5-8,10-13,21,27H,9,14-15H2,1-4H3/b22-20+. The van der Waals surface area contributed by atoms with Gasteiger partial charge in [-0.25, -0.2) is 0 Å². The molecule has 31 heavy (non-hydrogen) atoms. The highest BCUT2D eigenvalue weighted by molar-refractivity contribution is 6.46. The summed E-state index contributed by atoms with van der Waals surface area (Å²) in [5, 5.41) is 11.3. The lowest BCUT2D eigenvalue weighted by Gasteiger charge is -2.26. The van der Waals surface area contributed by atoms with Crippen LogP contribution in [0.15, 0.2) is 54.1 Å². The number of ketones is 1. The SMILES string of the molecule is COc1cccc(OC)c1/C(O)=C1\C(=O)C(=O)N(CCCN(C)C)C1c1ccccc1. The van der Waals surface area contributed by atoms with Crippen molar-refractivity contribution in [1.29, 1.82) is 0 Å². The Morgan fingerprint density at radius 1 is 1.00 bits per heavy atom. The molecule has 0 radical (unpaired) electrons. The normalized spacial score (nSPS) is 18.0. The van der Waals surface area contributed by atoms with Crippen molar-refractivity contribution in [3.05, 3.63) is 65.2 Å². The number of benzene rings is 2. The van der Waals surface area contributed by atoms with E-state index in [1.54, 1.807) is 18.2 Å². The fourth-order valence-corrected chi connectivity index (χ4v) is 3.87. The maximum atomic E-state index is 13.1. The number of aliphatic hydroxyl groups is 1. The van der Waals surface area contributed by atoms with Crippen LogP contribution in [0.1, 0.15) is 23.6 Å². The van der Waals surface area contributed by atoms with Crippen molar-refractivity contribution in [1.82, 2.24) is 9.80 Å². The van der Waals surface area contributed by atoms with E-state index < -0.39 is 17.7 Å². The van der Waals surface area contributed by atoms with Gasteiger partial charge >= 0.3 is 0 Å². The van der Waals surface area contributed by atoms with E-state index in [1.807, 2.05) is 49.3 Å². The number of ether oxygens (including phenoxy) is 2. The first kappa shape index (κ1) is 22.4. The van der Waals surface area contributed by atoms with Crippen LogP contribution >= 0.6 is 0 Å². The molecule has 0 bridgehead atoms. The summed E-state index contributed by atoms with van der Waals surface area (Å²) in [7, 11) is 6.85. The highest BCUT2D eigenvalue weighted by atomic mass is 16.5. The van der Waals surface area contributed by atoms with E-state index in [4.69, 9.17) is 9.47 Å². The zero-order valence-electron chi connectivity index (χ0n) is 18.3. The minimum atomic E-state index is -0.718. The fourth-order valence-electron chi connectivity index (χ4n) is 3.87. The average molecular weight is 424 g/mol. The summed E-state index contributed by atoms with van der Waals surface area (Å²) in [4.78, 5) is 29.6. The minimum absolute atomic E-state index is 0.0313. The molecule has 1 saturated heterocycles. The monoisotopic (exact) mass is 424 g/mol. The highest BCUT2D eigenvalue weighted by Gasteiger charge is 2.46. The van der Waals surface area contributed by atoms with Crippen molar-refractivity contribution in [2.24, 2.45) is 0 Å². The predicted octanol–water partition coefficient (Wildman–Crippen LogP) is 3.08. The summed E-state index contributed by atoms with van der Waals surface area (Å²) in [6.07, 6.45) is 0.696. The van der Waals surface area contributed by atoms with Crippen LogP contribution in [0.5, 0.6) is 11.5 Å². The lowest BCUT2D eigenvalue weighted by molar-refractivity contribution is -0.139. The second-order valence-electron chi connectivity index (χ2n) is 7.60. The van der Waals surface area contributed by atoms with Gasteiger partial charge in [0.25, 0.3) is 11.7 Å². The predicted molar refractivity (Wildman–Crippen MR) is 118 cm³/mol. The van der Waals surface area contributed by atoms with Crippen molar-refractivity contribution in [2.75, 3.05) is 41.4 Å². The van der Waals surface area contributed by atoms with E-state index in [9.17, 15) is 14.7 Å². The number of hydrogen-bond acceptors (Lipinski definition) is 6. The van der Waals surface area contributed by atoms with Crippen LogP contribution in [-0.2, 0) is 9.59 Å². The van der Waals surface area contributed by atoms with Gasteiger partial charge in [-0.3, -0.25) is 9.59 Å². The molecule has 0 aliphatic carbocycles. The van der Waals surface area contributed by atoms with Gasteiger partial charge in [-0.05, 0) is 44.8 Å². The van der Waals surface area contributed by atoms with Gasteiger partial charge in [0.15, 0.2) is 0 Å². The molecule has 1 aliphatic heterocycles. The average Bonchev–Trinajstić information content (AvgIpc) is 3.03. The number of Topliss-reactive ketones (excluding diaryl/α,β-unsaturated/α-hetero) is 1. The zero-order valence-corrected chi connectivity index (χ0v) is 18.3. The minimum Gasteiger partial charge on any atom is -0.506 e. The van der Waals surface area contributed by atoms with Crippen molar-refractivity contribution >= 4 is 17.4 Å². The number of methoxy groups -OCH3 is 2. The molecular weight excluding hydrogens is 396 g/mol. The molecule has 0 aromatic heterocycles. The molecule has 1 N–H and O–H groups in total. The molecule has 164 valence electrons. The summed E-state index contributed by atoms with van der Waals surface area (Å²) in [5.74, 6) is -0.950. The first-order chi connectivity index (χ1) is 14.9. The second-order valence-corrected chi connectivity index (χ2v) is 7.60. The van der Waals surface area contributed by atoms with E-state index in [0.717, 1.165) is 12.1 Å². The van der Waals surface area contributed by atoms with Crippen molar-refractivity contribution < 1.29 is 24.2 Å². The number of rotatable bonds is 8. The summed E-state index contributed by atoms with van der Waals surface area (Å²) in [5.41, 5.74) is 1.03. The third-order valence-electron chi connectivity index (χ3n) is 5.32. The highest BCUT2D eigenvalue weighted by Crippen LogP contribution is 2.43. The molecule has 1 heterocycles.